The van der Waals surface area contributed by atoms with Gasteiger partial charge in [-0.25, -0.2) is 4.79 Å². The lowest BCUT2D eigenvalue weighted by molar-refractivity contribution is -0.132. The molecular formula is C13H23F3N2O2. The zero-order chi connectivity index (χ0) is 15.0. The molecule has 1 aliphatic carbocycles. The first-order valence-corrected chi connectivity index (χ1v) is 7.08. The molecule has 4 nitrogen and oxygen atoms in total. The van der Waals surface area contributed by atoms with Gasteiger partial charge in [-0.05, 0) is 18.8 Å². The maximum absolute atomic E-state index is 11.9. The molecule has 0 aromatic rings. The zero-order valence-corrected chi connectivity index (χ0v) is 11.8. The van der Waals surface area contributed by atoms with E-state index in [2.05, 4.69) is 17.6 Å². The Morgan fingerprint density at radius 2 is 1.85 bits per heavy atom. The predicted octanol–water partition coefficient (Wildman–Crippen LogP) is 2.83. The van der Waals surface area contributed by atoms with Gasteiger partial charge in [0, 0.05) is 13.1 Å². The van der Waals surface area contributed by atoms with Crippen LogP contribution in [0.15, 0.2) is 0 Å². The van der Waals surface area contributed by atoms with Gasteiger partial charge in [-0.1, -0.05) is 19.8 Å². The van der Waals surface area contributed by atoms with Gasteiger partial charge in [0.15, 0.2) is 0 Å². The minimum atomic E-state index is -4.24. The van der Waals surface area contributed by atoms with Crippen molar-refractivity contribution in [3.63, 3.8) is 0 Å². The van der Waals surface area contributed by atoms with Gasteiger partial charge in [-0.2, -0.15) is 13.2 Å². The van der Waals surface area contributed by atoms with E-state index in [1.54, 1.807) is 0 Å². The topological polar surface area (TPSA) is 50.4 Å². The van der Waals surface area contributed by atoms with E-state index in [0.29, 0.717) is 19.1 Å². The van der Waals surface area contributed by atoms with Gasteiger partial charge in [0.1, 0.15) is 0 Å². The summed E-state index contributed by atoms with van der Waals surface area (Å²) in [6.07, 6.45) is -0.418. The Hall–Kier alpha value is -0.980. The second kappa shape index (κ2) is 8.34. The molecule has 0 spiro atoms. The maximum atomic E-state index is 11.9. The van der Waals surface area contributed by atoms with Gasteiger partial charge in [0.2, 0.25) is 0 Å². The highest BCUT2D eigenvalue weighted by Gasteiger charge is 2.26. The van der Waals surface area contributed by atoms with E-state index in [0.717, 1.165) is 12.8 Å². The molecule has 1 aliphatic rings. The minimum absolute atomic E-state index is 0.235. The lowest BCUT2D eigenvalue weighted by Gasteiger charge is -2.28. The third-order valence-electron chi connectivity index (χ3n) is 3.45. The molecule has 0 heterocycles. The van der Waals surface area contributed by atoms with Gasteiger partial charge in [-0.3, -0.25) is 0 Å². The van der Waals surface area contributed by atoms with Crippen LogP contribution in [-0.2, 0) is 4.74 Å². The number of halogens is 3. The number of urea groups is 1. The molecule has 0 aromatic heterocycles. The number of hydrogen-bond donors (Lipinski definition) is 2. The summed E-state index contributed by atoms with van der Waals surface area (Å²) in [6, 6.07) is -0.588. The van der Waals surface area contributed by atoms with E-state index in [4.69, 9.17) is 4.74 Å². The van der Waals surface area contributed by atoms with Gasteiger partial charge in [-0.15, -0.1) is 0 Å². The molecule has 1 saturated carbocycles. The number of carbonyl (C=O) groups is 1. The highest BCUT2D eigenvalue weighted by atomic mass is 19.4. The molecule has 2 atom stereocenters. The van der Waals surface area contributed by atoms with E-state index in [1.807, 2.05) is 0 Å². The quantitative estimate of drug-likeness (QED) is 0.741. The van der Waals surface area contributed by atoms with Gasteiger partial charge in [0.25, 0.3) is 0 Å². The van der Waals surface area contributed by atoms with Crippen molar-refractivity contribution >= 4 is 6.03 Å². The molecular weight excluding hydrogens is 273 g/mol. The summed E-state index contributed by atoms with van der Waals surface area (Å²) in [5, 5.41) is 4.64. The fourth-order valence-electron chi connectivity index (χ4n) is 2.28. The smallest absolute Gasteiger partial charge is 0.376 e. The summed E-state index contributed by atoms with van der Waals surface area (Å²) >= 11 is 0. The molecule has 2 N–H and O–H groups in total. The summed E-state index contributed by atoms with van der Waals surface area (Å²) in [7, 11) is 0. The first-order valence-electron chi connectivity index (χ1n) is 7.08. The number of amides is 2. The number of nitrogens with one attached hydrogen (secondary N) is 2. The van der Waals surface area contributed by atoms with Crippen LogP contribution in [-0.4, -0.2) is 38.0 Å². The fraction of sp³-hybridized carbons (Fsp3) is 0.923. The second-order valence-electron chi connectivity index (χ2n) is 5.22. The molecule has 0 unspecified atom stereocenters. The van der Waals surface area contributed by atoms with E-state index in [1.165, 1.54) is 12.8 Å². The Morgan fingerprint density at radius 1 is 1.20 bits per heavy atom. The number of carbonyl (C=O) groups excluding carboxylic acids is 1. The average Bonchev–Trinajstić information content (AvgIpc) is 2.35. The van der Waals surface area contributed by atoms with Crippen LogP contribution >= 0.6 is 0 Å². The monoisotopic (exact) mass is 296 g/mol. The molecule has 20 heavy (non-hydrogen) atoms. The van der Waals surface area contributed by atoms with Crippen molar-refractivity contribution in [2.24, 2.45) is 5.92 Å². The van der Waals surface area contributed by atoms with E-state index in [-0.39, 0.29) is 6.10 Å². The van der Waals surface area contributed by atoms with Crippen molar-refractivity contribution in [1.82, 2.24) is 10.6 Å². The predicted molar refractivity (Wildman–Crippen MR) is 69.4 cm³/mol. The van der Waals surface area contributed by atoms with Crippen LogP contribution in [0.4, 0.5) is 18.0 Å². The van der Waals surface area contributed by atoms with Gasteiger partial charge >= 0.3 is 12.2 Å². The first kappa shape index (κ1) is 17.1. The maximum Gasteiger partial charge on any atom is 0.390 e. The van der Waals surface area contributed by atoms with E-state index >= 15 is 0 Å². The van der Waals surface area contributed by atoms with Crippen molar-refractivity contribution in [2.75, 3.05) is 19.7 Å². The second-order valence-corrected chi connectivity index (χ2v) is 5.22. The van der Waals surface area contributed by atoms with Crippen LogP contribution in [0.3, 0.4) is 0 Å². The van der Waals surface area contributed by atoms with E-state index < -0.39 is 25.2 Å². The highest BCUT2D eigenvalue weighted by molar-refractivity contribution is 5.73. The number of hydrogen-bond acceptors (Lipinski definition) is 2. The standard InChI is InChI=1S/C13H23F3N2O2/c1-10-4-2-3-5-11(10)20-9-8-18-12(19)17-7-6-13(14,15)16/h10-11H,2-9H2,1H3,(H2,17,18,19)/t10-,11+/m1/s1. The van der Waals surface area contributed by atoms with Crippen LogP contribution in [0.1, 0.15) is 39.0 Å². The van der Waals surface area contributed by atoms with Crippen molar-refractivity contribution in [1.29, 1.82) is 0 Å². The molecule has 7 heteroatoms. The minimum Gasteiger partial charge on any atom is -0.376 e. The van der Waals surface area contributed by atoms with Crippen LogP contribution in [0.5, 0.6) is 0 Å². The van der Waals surface area contributed by atoms with Crippen LogP contribution < -0.4 is 10.6 Å². The summed E-state index contributed by atoms with van der Waals surface area (Å²) in [5.74, 6) is 0.532. The summed E-state index contributed by atoms with van der Waals surface area (Å²) in [5.41, 5.74) is 0. The molecule has 118 valence electrons. The number of alkyl halides is 3. The van der Waals surface area contributed by atoms with Crippen LogP contribution in [0, 0.1) is 5.92 Å². The molecule has 0 radical (unpaired) electrons. The third kappa shape index (κ3) is 7.57. The van der Waals surface area contributed by atoms with Crippen molar-refractivity contribution in [3.8, 4) is 0 Å². The molecule has 0 aromatic carbocycles. The normalized spacial score (nSPS) is 23.4. The SMILES string of the molecule is C[C@@H]1CCCC[C@@H]1OCCNC(=O)NCCC(F)(F)F. The van der Waals surface area contributed by atoms with Crippen molar-refractivity contribution in [2.45, 2.75) is 51.3 Å². The Labute approximate surface area is 117 Å². The lowest BCUT2D eigenvalue weighted by atomic mass is 9.88. The largest absolute Gasteiger partial charge is 0.390 e. The Balaban J connectivity index is 2.01. The van der Waals surface area contributed by atoms with Crippen molar-refractivity contribution < 1.29 is 22.7 Å². The molecule has 2 amide bonds. The van der Waals surface area contributed by atoms with Crippen molar-refractivity contribution in [3.05, 3.63) is 0 Å². The molecule has 1 fully saturated rings. The molecule has 0 aliphatic heterocycles. The summed E-state index contributed by atoms with van der Waals surface area (Å²) < 4.78 is 41.3. The summed E-state index contributed by atoms with van der Waals surface area (Å²) in [4.78, 5) is 11.2. The molecule has 1 rings (SSSR count). The Bertz CT molecular complexity index is 298. The Kier molecular flexibility index (Phi) is 7.12. The average molecular weight is 296 g/mol. The third-order valence-corrected chi connectivity index (χ3v) is 3.45. The van der Waals surface area contributed by atoms with Crippen LogP contribution in [0.2, 0.25) is 0 Å². The number of ether oxygens (including phenoxy) is 1. The van der Waals surface area contributed by atoms with Gasteiger partial charge < -0.3 is 15.4 Å². The first-order chi connectivity index (χ1) is 9.38. The fourth-order valence-corrected chi connectivity index (χ4v) is 2.28. The number of rotatable bonds is 6. The van der Waals surface area contributed by atoms with E-state index in [9.17, 15) is 18.0 Å². The zero-order valence-electron chi connectivity index (χ0n) is 11.8. The molecule has 0 saturated heterocycles. The summed E-state index contributed by atoms with van der Waals surface area (Å²) in [6.45, 7) is 2.44. The highest BCUT2D eigenvalue weighted by Crippen LogP contribution is 2.25. The lowest BCUT2D eigenvalue weighted by Crippen LogP contribution is -2.39. The van der Waals surface area contributed by atoms with Gasteiger partial charge in [0.05, 0.1) is 19.1 Å². The molecule has 0 bridgehead atoms. The Morgan fingerprint density at radius 3 is 2.50 bits per heavy atom. The van der Waals surface area contributed by atoms with Crippen LogP contribution in [0.25, 0.3) is 0 Å².